The summed E-state index contributed by atoms with van der Waals surface area (Å²) < 4.78 is 17.8. The summed E-state index contributed by atoms with van der Waals surface area (Å²) >= 11 is 9.84. The van der Waals surface area contributed by atoms with Gasteiger partial charge in [-0.15, -0.1) is 0 Å². The fraction of sp³-hybridized carbons (Fsp3) is 0.842. The van der Waals surface area contributed by atoms with Crippen LogP contribution in [0.25, 0.3) is 0 Å². The van der Waals surface area contributed by atoms with Crippen molar-refractivity contribution in [2.45, 2.75) is 194 Å². The Balaban J connectivity index is 2.18. The van der Waals surface area contributed by atoms with Gasteiger partial charge in [0.1, 0.15) is 0 Å². The third kappa shape index (κ3) is 22.4. The molecule has 0 amide bonds. The average Bonchev–Trinajstić information content (AvgIpc) is 3.03. The van der Waals surface area contributed by atoms with E-state index in [2.05, 4.69) is 104 Å². The van der Waals surface area contributed by atoms with Crippen LogP contribution in [-0.4, -0.2) is 13.2 Å². The van der Waals surface area contributed by atoms with Crippen molar-refractivity contribution >= 4 is 90.4 Å². The highest BCUT2D eigenvalue weighted by atomic mass is 127. The first-order valence-electron chi connectivity index (χ1n) is 18.7. The van der Waals surface area contributed by atoms with Gasteiger partial charge in [0.15, 0.2) is 11.5 Å². The smallest absolute Gasteiger partial charge is 0.176 e. The molecule has 0 radical (unpaired) electrons. The average molecular weight is 1060 g/mol. The Kier molecular flexibility index (Phi) is 31.8. The SMILES string of the molecule is CCCCCCCCCCCCCCCCOc1c(I)c(I)c(I)c(I)c1OCCCCCCCCCCCCCCCC. The molecule has 0 saturated heterocycles. The third-order valence-electron chi connectivity index (χ3n) is 8.67. The molecule has 0 aromatic heterocycles. The van der Waals surface area contributed by atoms with Crippen molar-refractivity contribution in [2.24, 2.45) is 0 Å². The van der Waals surface area contributed by atoms with Crippen LogP contribution in [0, 0.1) is 14.3 Å². The molecule has 258 valence electrons. The van der Waals surface area contributed by atoms with Crippen molar-refractivity contribution in [1.29, 1.82) is 0 Å². The van der Waals surface area contributed by atoms with Crippen LogP contribution in [0.2, 0.25) is 0 Å². The fourth-order valence-corrected chi connectivity index (χ4v) is 9.19. The first-order chi connectivity index (χ1) is 21.5. The summed E-state index contributed by atoms with van der Waals surface area (Å²) in [5.74, 6) is 1.94. The molecule has 0 spiro atoms. The summed E-state index contributed by atoms with van der Waals surface area (Å²) in [6, 6.07) is 0. The van der Waals surface area contributed by atoms with Crippen molar-refractivity contribution in [3.63, 3.8) is 0 Å². The van der Waals surface area contributed by atoms with E-state index in [1.807, 2.05) is 0 Å². The first-order valence-corrected chi connectivity index (χ1v) is 23.0. The second kappa shape index (κ2) is 32.0. The lowest BCUT2D eigenvalue weighted by Crippen LogP contribution is -2.08. The highest BCUT2D eigenvalue weighted by Crippen LogP contribution is 2.43. The summed E-state index contributed by atoms with van der Waals surface area (Å²) in [4.78, 5) is 0. The lowest BCUT2D eigenvalue weighted by Gasteiger charge is -2.18. The topological polar surface area (TPSA) is 18.5 Å². The lowest BCUT2D eigenvalue weighted by atomic mass is 10.0. The zero-order valence-corrected chi connectivity index (χ0v) is 37.2. The molecule has 0 aliphatic carbocycles. The Hall–Kier alpha value is 1.74. The van der Waals surface area contributed by atoms with Crippen LogP contribution >= 0.6 is 90.4 Å². The Morgan fingerprint density at radius 2 is 0.500 bits per heavy atom. The van der Waals surface area contributed by atoms with E-state index in [0.29, 0.717) is 0 Å². The Morgan fingerprint density at radius 3 is 0.727 bits per heavy atom. The molecule has 1 rings (SSSR count). The second-order valence-electron chi connectivity index (χ2n) is 12.8. The van der Waals surface area contributed by atoms with Gasteiger partial charge in [-0.25, -0.2) is 0 Å². The predicted octanol–water partition coefficient (Wildman–Crippen LogP) is 15.8. The zero-order chi connectivity index (χ0) is 32.1. The highest BCUT2D eigenvalue weighted by molar-refractivity contribution is 14.1. The summed E-state index contributed by atoms with van der Waals surface area (Å²) in [7, 11) is 0. The van der Waals surface area contributed by atoms with Gasteiger partial charge in [0.05, 0.1) is 20.4 Å². The van der Waals surface area contributed by atoms with E-state index in [4.69, 9.17) is 9.47 Å². The van der Waals surface area contributed by atoms with E-state index in [0.717, 1.165) is 37.6 Å². The lowest BCUT2D eigenvalue weighted by molar-refractivity contribution is 0.255. The van der Waals surface area contributed by atoms with Crippen LogP contribution in [0.1, 0.15) is 194 Å². The molecule has 1 aromatic carbocycles. The summed E-state index contributed by atoms with van der Waals surface area (Å²) in [6.45, 7) is 6.17. The minimum atomic E-state index is 0.788. The van der Waals surface area contributed by atoms with Crippen molar-refractivity contribution in [3.05, 3.63) is 14.3 Å². The summed E-state index contributed by atoms with van der Waals surface area (Å²) in [5.41, 5.74) is 0. The van der Waals surface area contributed by atoms with Crippen molar-refractivity contribution in [2.75, 3.05) is 13.2 Å². The first kappa shape index (κ1) is 43.8. The minimum absolute atomic E-state index is 0.788. The maximum absolute atomic E-state index is 6.42. The molecule has 0 aliphatic rings. The largest absolute Gasteiger partial charge is 0.489 e. The van der Waals surface area contributed by atoms with Crippen molar-refractivity contribution in [3.8, 4) is 11.5 Å². The molecule has 6 heteroatoms. The van der Waals surface area contributed by atoms with Gasteiger partial charge < -0.3 is 9.47 Å². The van der Waals surface area contributed by atoms with Gasteiger partial charge in [-0.05, 0) is 103 Å². The van der Waals surface area contributed by atoms with Crippen LogP contribution in [0.4, 0.5) is 0 Å². The van der Waals surface area contributed by atoms with E-state index in [-0.39, 0.29) is 0 Å². The molecule has 1 aromatic rings. The van der Waals surface area contributed by atoms with Crippen molar-refractivity contribution in [1.82, 2.24) is 0 Å². The molecule has 0 heterocycles. The molecule has 0 aliphatic heterocycles. The van der Waals surface area contributed by atoms with E-state index in [1.54, 1.807) is 0 Å². The monoisotopic (exact) mass is 1060 g/mol. The maximum atomic E-state index is 6.42. The van der Waals surface area contributed by atoms with E-state index < -0.39 is 0 Å². The molecule has 0 saturated carbocycles. The fourth-order valence-electron chi connectivity index (χ4n) is 5.79. The minimum Gasteiger partial charge on any atom is -0.489 e. The molecule has 0 N–H and O–H groups in total. The molecule has 0 bridgehead atoms. The normalized spacial score (nSPS) is 11.4. The maximum Gasteiger partial charge on any atom is 0.176 e. The second-order valence-corrected chi connectivity index (χ2v) is 17.1. The van der Waals surface area contributed by atoms with Gasteiger partial charge >= 0.3 is 0 Å². The third-order valence-corrected chi connectivity index (χ3v) is 16.0. The van der Waals surface area contributed by atoms with Crippen LogP contribution in [0.15, 0.2) is 0 Å². The van der Waals surface area contributed by atoms with Gasteiger partial charge in [0, 0.05) is 7.14 Å². The van der Waals surface area contributed by atoms with Gasteiger partial charge in [-0.1, -0.05) is 181 Å². The molecule has 0 fully saturated rings. The summed E-state index contributed by atoms with van der Waals surface area (Å²) in [6.07, 6.45) is 38.7. The Morgan fingerprint density at radius 1 is 0.295 bits per heavy atom. The number of benzene rings is 1. The quantitative estimate of drug-likeness (QED) is 0.0310. The van der Waals surface area contributed by atoms with E-state index in [9.17, 15) is 0 Å². The van der Waals surface area contributed by atoms with E-state index in [1.165, 1.54) is 181 Å². The van der Waals surface area contributed by atoms with Crippen LogP contribution < -0.4 is 9.47 Å². The molecular weight excluding hydrogens is 996 g/mol. The molecule has 2 nitrogen and oxygen atoms in total. The molecular formula is C38H66I4O2. The Bertz CT molecular complexity index is 737. The number of rotatable bonds is 32. The molecule has 0 unspecified atom stereocenters. The Labute approximate surface area is 328 Å². The standard InChI is InChI=1S/C38H66I4O2/c1-3-5-7-9-11-13-15-17-19-21-23-25-27-29-31-43-37-35(41)33(39)34(40)36(42)38(37)44-32-30-28-26-24-22-20-18-16-14-12-10-8-6-4-2/h3-32H2,1-2H3. The van der Waals surface area contributed by atoms with Gasteiger partial charge in [-0.2, -0.15) is 0 Å². The van der Waals surface area contributed by atoms with Gasteiger partial charge in [0.25, 0.3) is 0 Å². The number of unbranched alkanes of at least 4 members (excludes halogenated alkanes) is 26. The van der Waals surface area contributed by atoms with Gasteiger partial charge in [0.2, 0.25) is 0 Å². The zero-order valence-electron chi connectivity index (χ0n) is 28.5. The number of hydrogen-bond donors (Lipinski definition) is 0. The van der Waals surface area contributed by atoms with Crippen LogP contribution in [0.3, 0.4) is 0 Å². The molecule has 0 atom stereocenters. The number of halogens is 4. The number of ether oxygens (including phenoxy) is 2. The van der Waals surface area contributed by atoms with Crippen LogP contribution in [-0.2, 0) is 0 Å². The number of hydrogen-bond acceptors (Lipinski definition) is 2. The van der Waals surface area contributed by atoms with E-state index >= 15 is 0 Å². The van der Waals surface area contributed by atoms with Gasteiger partial charge in [-0.3, -0.25) is 0 Å². The van der Waals surface area contributed by atoms with Crippen LogP contribution in [0.5, 0.6) is 11.5 Å². The summed E-state index contributed by atoms with van der Waals surface area (Å²) in [5, 5.41) is 0. The highest BCUT2D eigenvalue weighted by Gasteiger charge is 2.21. The van der Waals surface area contributed by atoms with Crippen molar-refractivity contribution < 1.29 is 9.47 Å². The predicted molar refractivity (Wildman–Crippen MR) is 229 cm³/mol. The molecule has 44 heavy (non-hydrogen) atoms.